The molecule has 0 amide bonds. The Balaban J connectivity index is 0. The van der Waals surface area contributed by atoms with Crippen LogP contribution in [0.5, 0.6) is 0 Å². The molecule has 0 saturated carbocycles. The highest BCUT2D eigenvalue weighted by Crippen LogP contribution is 2.14. The Labute approximate surface area is 259 Å². The van der Waals surface area contributed by atoms with Gasteiger partial charge >= 0.3 is 11.9 Å². The number of allylic oxidation sites excluding steroid dienone is 3. The number of aliphatic hydroxyl groups is 2. The van der Waals surface area contributed by atoms with Crippen molar-refractivity contribution < 1.29 is 30.0 Å². The van der Waals surface area contributed by atoms with E-state index in [0.717, 1.165) is 25.7 Å². The third-order valence-corrected chi connectivity index (χ3v) is 7.70. The van der Waals surface area contributed by atoms with Crippen LogP contribution in [0.3, 0.4) is 0 Å². The Morgan fingerprint density at radius 2 is 0.857 bits per heavy atom. The molecular weight excluding hydrogens is 528 g/mol. The van der Waals surface area contributed by atoms with Gasteiger partial charge in [-0.25, -0.2) is 9.59 Å². The summed E-state index contributed by atoms with van der Waals surface area (Å²) < 4.78 is 0. The summed E-state index contributed by atoms with van der Waals surface area (Å²) in [5, 5.41) is 35.0. The first-order chi connectivity index (χ1) is 20.4. The zero-order valence-electron chi connectivity index (χ0n) is 27.5. The van der Waals surface area contributed by atoms with Gasteiger partial charge in [-0.15, -0.1) is 0 Å². The Bertz CT molecular complexity index is 643. The summed E-state index contributed by atoms with van der Waals surface area (Å²) in [5.41, 5.74) is 0. The van der Waals surface area contributed by atoms with E-state index in [1.54, 1.807) is 6.08 Å². The lowest BCUT2D eigenvalue weighted by atomic mass is 10.0. The van der Waals surface area contributed by atoms with Crippen LogP contribution in [0.25, 0.3) is 0 Å². The summed E-state index contributed by atoms with van der Waals surface area (Å²) in [7, 11) is 0. The topological polar surface area (TPSA) is 115 Å². The molecule has 0 aliphatic heterocycles. The second kappa shape index (κ2) is 35.4. The molecule has 0 aromatic rings. The van der Waals surface area contributed by atoms with Crippen molar-refractivity contribution in [2.45, 2.75) is 193 Å². The summed E-state index contributed by atoms with van der Waals surface area (Å²) in [6.45, 7) is 4.51. The quantitative estimate of drug-likeness (QED) is 0.0284. The SMILES string of the molecule is CCCCCCCCCCCCCC=CC=C(O)C(=O)O.CCCCCCCCCCCCCCCCC(O)C(=O)O. The molecule has 42 heavy (non-hydrogen) atoms. The highest BCUT2D eigenvalue weighted by molar-refractivity contribution is 5.83. The minimum Gasteiger partial charge on any atom is -0.502 e. The first kappa shape index (κ1) is 42.3. The molecule has 1 atom stereocenters. The van der Waals surface area contributed by atoms with Crippen LogP contribution in [0.1, 0.15) is 187 Å². The summed E-state index contributed by atoms with van der Waals surface area (Å²) in [6, 6.07) is 0. The maximum Gasteiger partial charge on any atom is 0.370 e. The fourth-order valence-electron chi connectivity index (χ4n) is 4.91. The second-order valence-corrected chi connectivity index (χ2v) is 11.8. The number of rotatable bonds is 30. The predicted molar refractivity (Wildman–Crippen MR) is 177 cm³/mol. The molecule has 0 bridgehead atoms. The number of hydrogen-bond acceptors (Lipinski definition) is 4. The second-order valence-electron chi connectivity index (χ2n) is 11.8. The van der Waals surface area contributed by atoms with Gasteiger partial charge in [0.2, 0.25) is 5.76 Å². The third-order valence-electron chi connectivity index (χ3n) is 7.70. The summed E-state index contributed by atoms with van der Waals surface area (Å²) in [6.07, 6.45) is 37.6. The minimum absolute atomic E-state index is 0.396. The number of carboxylic acids is 2. The first-order valence-electron chi connectivity index (χ1n) is 17.6. The summed E-state index contributed by atoms with van der Waals surface area (Å²) in [4.78, 5) is 20.7. The van der Waals surface area contributed by atoms with Crippen LogP contribution in [-0.4, -0.2) is 38.5 Å². The van der Waals surface area contributed by atoms with Gasteiger partial charge in [0.15, 0.2) is 6.10 Å². The fourth-order valence-corrected chi connectivity index (χ4v) is 4.91. The predicted octanol–water partition coefficient (Wildman–Crippen LogP) is 11.1. The molecule has 0 aromatic heterocycles. The van der Waals surface area contributed by atoms with Crippen LogP contribution in [0.15, 0.2) is 24.0 Å². The molecular formula is C36H68O6. The molecule has 0 rings (SSSR count). The van der Waals surface area contributed by atoms with E-state index in [1.165, 1.54) is 147 Å². The summed E-state index contributed by atoms with van der Waals surface area (Å²) >= 11 is 0. The lowest BCUT2D eigenvalue weighted by molar-refractivity contribution is -0.147. The molecule has 0 heterocycles. The van der Waals surface area contributed by atoms with Crippen LogP contribution >= 0.6 is 0 Å². The molecule has 6 heteroatoms. The van der Waals surface area contributed by atoms with Crippen molar-refractivity contribution >= 4 is 11.9 Å². The van der Waals surface area contributed by atoms with Crippen LogP contribution in [0.2, 0.25) is 0 Å². The van der Waals surface area contributed by atoms with Crippen molar-refractivity contribution in [3.8, 4) is 0 Å². The average Bonchev–Trinajstić information content (AvgIpc) is 2.97. The van der Waals surface area contributed by atoms with Gasteiger partial charge in [0.05, 0.1) is 0 Å². The Kier molecular flexibility index (Phi) is 35.6. The van der Waals surface area contributed by atoms with E-state index in [9.17, 15) is 9.59 Å². The molecule has 0 aromatic carbocycles. The van der Waals surface area contributed by atoms with Crippen molar-refractivity contribution in [2.75, 3.05) is 0 Å². The molecule has 0 saturated heterocycles. The lowest BCUT2D eigenvalue weighted by Gasteiger charge is -2.05. The van der Waals surface area contributed by atoms with Crippen molar-refractivity contribution in [2.24, 2.45) is 0 Å². The van der Waals surface area contributed by atoms with E-state index in [0.29, 0.717) is 6.42 Å². The van der Waals surface area contributed by atoms with E-state index in [2.05, 4.69) is 13.8 Å². The lowest BCUT2D eigenvalue weighted by Crippen LogP contribution is -2.18. The molecule has 1 unspecified atom stereocenters. The third kappa shape index (κ3) is 36.2. The molecule has 0 aliphatic carbocycles. The molecule has 0 spiro atoms. The summed E-state index contributed by atoms with van der Waals surface area (Å²) in [5.74, 6) is -2.98. The Morgan fingerprint density at radius 3 is 1.19 bits per heavy atom. The fraction of sp³-hybridized carbons (Fsp3) is 0.833. The van der Waals surface area contributed by atoms with Gasteiger partial charge in [-0.3, -0.25) is 0 Å². The molecule has 4 N–H and O–H groups in total. The van der Waals surface area contributed by atoms with E-state index in [4.69, 9.17) is 20.4 Å². The highest BCUT2D eigenvalue weighted by Gasteiger charge is 2.11. The van der Waals surface area contributed by atoms with Gasteiger partial charge in [0, 0.05) is 0 Å². The zero-order valence-corrected chi connectivity index (χ0v) is 27.5. The molecule has 248 valence electrons. The minimum atomic E-state index is -1.28. The van der Waals surface area contributed by atoms with Crippen molar-refractivity contribution in [3.05, 3.63) is 24.0 Å². The number of unbranched alkanes of at least 4 members (excludes halogenated alkanes) is 24. The van der Waals surface area contributed by atoms with Gasteiger partial charge in [-0.05, 0) is 25.3 Å². The largest absolute Gasteiger partial charge is 0.502 e. The van der Waals surface area contributed by atoms with Crippen LogP contribution < -0.4 is 0 Å². The maximum absolute atomic E-state index is 10.4. The average molecular weight is 597 g/mol. The van der Waals surface area contributed by atoms with Gasteiger partial charge in [-0.2, -0.15) is 0 Å². The molecule has 0 fully saturated rings. The van der Waals surface area contributed by atoms with Crippen molar-refractivity contribution in [1.29, 1.82) is 0 Å². The number of carboxylic acid groups (broad SMARTS) is 2. The van der Waals surface area contributed by atoms with Gasteiger partial charge < -0.3 is 20.4 Å². The van der Waals surface area contributed by atoms with E-state index in [1.807, 2.05) is 6.08 Å². The monoisotopic (exact) mass is 597 g/mol. The highest BCUT2D eigenvalue weighted by atomic mass is 16.4. The van der Waals surface area contributed by atoms with Crippen LogP contribution in [0.4, 0.5) is 0 Å². The van der Waals surface area contributed by atoms with E-state index < -0.39 is 23.8 Å². The van der Waals surface area contributed by atoms with Gasteiger partial charge in [0.1, 0.15) is 0 Å². The van der Waals surface area contributed by atoms with E-state index in [-0.39, 0.29) is 0 Å². The molecule has 6 nitrogen and oxygen atoms in total. The normalized spacial score (nSPS) is 12.3. The Hall–Kier alpha value is -1.82. The zero-order chi connectivity index (χ0) is 31.5. The first-order valence-corrected chi connectivity index (χ1v) is 17.6. The number of aliphatic hydroxyl groups excluding tert-OH is 2. The molecule has 0 aliphatic rings. The van der Waals surface area contributed by atoms with Gasteiger partial charge in [-0.1, -0.05) is 180 Å². The Morgan fingerprint density at radius 1 is 0.524 bits per heavy atom. The molecule has 0 radical (unpaired) electrons. The van der Waals surface area contributed by atoms with Crippen LogP contribution in [-0.2, 0) is 9.59 Å². The number of aliphatic carboxylic acids is 2. The van der Waals surface area contributed by atoms with Crippen molar-refractivity contribution in [1.82, 2.24) is 0 Å². The van der Waals surface area contributed by atoms with Gasteiger partial charge in [0.25, 0.3) is 0 Å². The van der Waals surface area contributed by atoms with Crippen LogP contribution in [0, 0.1) is 0 Å². The van der Waals surface area contributed by atoms with E-state index >= 15 is 0 Å². The number of carbonyl (C=O) groups is 2. The number of hydrogen-bond donors (Lipinski definition) is 4. The standard InChI is InChI=1S/C18H36O3.C18H32O3/c2*1-2-3-4-5-6-7-8-9-10-11-12-13-14-15-16-17(19)18(20)21/h17,19H,2-16H2,1H3,(H,20,21);14-16,19H,2-13H2,1H3,(H,20,21). The maximum atomic E-state index is 10.4. The smallest absolute Gasteiger partial charge is 0.370 e. The van der Waals surface area contributed by atoms with Crippen molar-refractivity contribution in [3.63, 3.8) is 0 Å².